The molecule has 1 unspecified atom stereocenters. The fourth-order valence-corrected chi connectivity index (χ4v) is 3.77. The normalized spacial score (nSPS) is 12.2. The minimum Gasteiger partial charge on any atom is -0.372 e. The van der Waals surface area contributed by atoms with Gasteiger partial charge < -0.3 is 5.32 Å². The first-order chi connectivity index (χ1) is 8.99. The van der Waals surface area contributed by atoms with Gasteiger partial charge in [-0.15, -0.1) is 11.3 Å². The summed E-state index contributed by atoms with van der Waals surface area (Å²) in [5.74, 6) is 0. The summed E-state index contributed by atoms with van der Waals surface area (Å²) >= 11 is 8.32. The Morgan fingerprint density at radius 3 is 2.68 bits per heavy atom. The van der Waals surface area contributed by atoms with E-state index in [9.17, 15) is 10.1 Å². The molecule has 7 heteroatoms. The van der Waals surface area contributed by atoms with Crippen molar-refractivity contribution in [3.63, 3.8) is 0 Å². The van der Waals surface area contributed by atoms with Gasteiger partial charge in [0.15, 0.2) is 0 Å². The molecule has 100 valence electrons. The number of rotatable bonds is 4. The molecule has 1 N–H and O–H groups in total. The molecule has 0 radical (unpaired) electrons. The lowest BCUT2D eigenvalue weighted by Crippen LogP contribution is -2.07. The molecule has 0 aliphatic heterocycles. The molecule has 0 fully saturated rings. The summed E-state index contributed by atoms with van der Waals surface area (Å²) in [5, 5.41) is 16.2. The lowest BCUT2D eigenvalue weighted by molar-refractivity contribution is -0.384. The predicted octanol–water partition coefficient (Wildman–Crippen LogP) is 5.35. The van der Waals surface area contributed by atoms with E-state index >= 15 is 0 Å². The van der Waals surface area contributed by atoms with Gasteiger partial charge in [-0.3, -0.25) is 10.1 Å². The first-order valence-corrected chi connectivity index (χ1v) is 7.89. The van der Waals surface area contributed by atoms with E-state index in [4.69, 9.17) is 0 Å². The minimum atomic E-state index is -0.386. The molecule has 0 saturated heterocycles. The second-order valence-electron chi connectivity index (χ2n) is 3.92. The van der Waals surface area contributed by atoms with Gasteiger partial charge in [0, 0.05) is 19.9 Å². The van der Waals surface area contributed by atoms with E-state index in [2.05, 4.69) is 37.2 Å². The maximum atomic E-state index is 11.0. The number of thiophene rings is 1. The van der Waals surface area contributed by atoms with E-state index < -0.39 is 0 Å². The molecule has 0 saturated carbocycles. The second kappa shape index (κ2) is 6.02. The Balaban J connectivity index is 2.29. The Kier molecular flexibility index (Phi) is 4.59. The van der Waals surface area contributed by atoms with Crippen molar-refractivity contribution >= 4 is 54.6 Å². The van der Waals surface area contributed by atoms with Gasteiger partial charge in [0.2, 0.25) is 0 Å². The first kappa shape index (κ1) is 14.5. The molecule has 0 spiro atoms. The van der Waals surface area contributed by atoms with Crippen molar-refractivity contribution in [3.8, 4) is 0 Å². The molecular weight excluding hydrogens is 396 g/mol. The van der Waals surface area contributed by atoms with Gasteiger partial charge in [-0.25, -0.2) is 0 Å². The van der Waals surface area contributed by atoms with Crippen molar-refractivity contribution in [3.05, 3.63) is 53.6 Å². The van der Waals surface area contributed by atoms with Crippen LogP contribution in [0.25, 0.3) is 0 Å². The summed E-state index contributed by atoms with van der Waals surface area (Å²) in [7, 11) is 0. The molecule has 1 aromatic carbocycles. The van der Waals surface area contributed by atoms with Gasteiger partial charge in [0.25, 0.3) is 5.69 Å². The van der Waals surface area contributed by atoms with Crippen molar-refractivity contribution < 1.29 is 4.92 Å². The number of nitro benzene ring substituents is 1. The highest BCUT2D eigenvalue weighted by Gasteiger charge is 2.18. The number of nitrogens with one attached hydrogen (secondary N) is 1. The van der Waals surface area contributed by atoms with Crippen LogP contribution in [0.4, 0.5) is 11.4 Å². The SMILES string of the molecule is CC(Nc1ccc(Br)cc1[N+](=O)[O-])c1sccc1Br. The van der Waals surface area contributed by atoms with Gasteiger partial charge in [-0.1, -0.05) is 15.9 Å². The van der Waals surface area contributed by atoms with E-state index in [-0.39, 0.29) is 16.7 Å². The highest BCUT2D eigenvalue weighted by Crippen LogP contribution is 2.34. The van der Waals surface area contributed by atoms with E-state index in [1.54, 1.807) is 23.5 Å². The highest BCUT2D eigenvalue weighted by molar-refractivity contribution is 9.10. The van der Waals surface area contributed by atoms with Crippen LogP contribution in [-0.2, 0) is 0 Å². The fraction of sp³-hybridized carbons (Fsp3) is 0.167. The van der Waals surface area contributed by atoms with Crippen molar-refractivity contribution in [1.29, 1.82) is 0 Å². The molecule has 2 aromatic rings. The number of hydrogen-bond acceptors (Lipinski definition) is 4. The Morgan fingerprint density at radius 2 is 2.11 bits per heavy atom. The van der Waals surface area contributed by atoms with Crippen LogP contribution in [0.3, 0.4) is 0 Å². The third-order valence-electron chi connectivity index (χ3n) is 2.57. The molecule has 0 amide bonds. The van der Waals surface area contributed by atoms with Crippen LogP contribution in [0.5, 0.6) is 0 Å². The Hall–Kier alpha value is -0.920. The number of nitrogens with zero attached hydrogens (tertiary/aromatic N) is 1. The summed E-state index contributed by atoms with van der Waals surface area (Å²) in [4.78, 5) is 11.8. The maximum Gasteiger partial charge on any atom is 0.293 e. The van der Waals surface area contributed by atoms with Gasteiger partial charge in [0.05, 0.1) is 11.0 Å². The van der Waals surface area contributed by atoms with Crippen molar-refractivity contribution in [2.45, 2.75) is 13.0 Å². The van der Waals surface area contributed by atoms with E-state index in [1.165, 1.54) is 6.07 Å². The monoisotopic (exact) mass is 404 g/mol. The molecule has 0 aliphatic rings. The molecule has 0 bridgehead atoms. The van der Waals surface area contributed by atoms with Crippen LogP contribution in [0, 0.1) is 10.1 Å². The molecule has 1 atom stereocenters. The summed E-state index contributed by atoms with van der Waals surface area (Å²) in [6.45, 7) is 1.97. The van der Waals surface area contributed by atoms with Crippen molar-refractivity contribution in [2.75, 3.05) is 5.32 Å². The van der Waals surface area contributed by atoms with Crippen LogP contribution in [0.1, 0.15) is 17.8 Å². The van der Waals surface area contributed by atoms with Crippen LogP contribution in [0.15, 0.2) is 38.6 Å². The summed E-state index contributed by atoms with van der Waals surface area (Å²) in [6, 6.07) is 6.95. The number of nitro groups is 1. The topological polar surface area (TPSA) is 55.2 Å². The van der Waals surface area contributed by atoms with E-state index in [0.29, 0.717) is 10.2 Å². The zero-order valence-electron chi connectivity index (χ0n) is 9.89. The minimum absolute atomic E-state index is 0.00532. The van der Waals surface area contributed by atoms with Crippen LogP contribution >= 0.6 is 43.2 Å². The summed E-state index contributed by atoms with van der Waals surface area (Å²) < 4.78 is 1.70. The quantitative estimate of drug-likeness (QED) is 0.550. The molecule has 19 heavy (non-hydrogen) atoms. The molecular formula is C12H10Br2N2O2S. The largest absolute Gasteiger partial charge is 0.372 e. The zero-order chi connectivity index (χ0) is 14.0. The lowest BCUT2D eigenvalue weighted by Gasteiger charge is -2.14. The summed E-state index contributed by atoms with van der Waals surface area (Å²) in [5.41, 5.74) is 0.579. The summed E-state index contributed by atoms with van der Waals surface area (Å²) in [6.07, 6.45) is 0. The van der Waals surface area contributed by atoms with Crippen LogP contribution < -0.4 is 5.32 Å². The number of benzene rings is 1. The standard InChI is InChI=1S/C12H10Br2N2O2S/c1-7(12-9(14)4-5-19-12)15-10-3-2-8(13)6-11(10)16(17)18/h2-7,15H,1H3. The third-order valence-corrected chi connectivity index (χ3v) is 5.11. The van der Waals surface area contributed by atoms with Gasteiger partial charge in [0.1, 0.15) is 5.69 Å². The molecule has 1 aromatic heterocycles. The highest BCUT2D eigenvalue weighted by atomic mass is 79.9. The molecule has 0 aliphatic carbocycles. The first-order valence-electron chi connectivity index (χ1n) is 5.42. The van der Waals surface area contributed by atoms with Gasteiger partial charge in [-0.2, -0.15) is 0 Å². The predicted molar refractivity (Wildman–Crippen MR) is 84.9 cm³/mol. The Bertz CT molecular complexity index is 616. The lowest BCUT2D eigenvalue weighted by atomic mass is 10.2. The Morgan fingerprint density at radius 1 is 1.37 bits per heavy atom. The molecule has 1 heterocycles. The third kappa shape index (κ3) is 3.34. The van der Waals surface area contributed by atoms with Crippen LogP contribution in [-0.4, -0.2) is 4.92 Å². The van der Waals surface area contributed by atoms with Crippen LogP contribution in [0.2, 0.25) is 0 Å². The number of hydrogen-bond donors (Lipinski definition) is 1. The average Bonchev–Trinajstić information content (AvgIpc) is 2.77. The number of anilines is 1. The van der Waals surface area contributed by atoms with Crippen molar-refractivity contribution in [1.82, 2.24) is 0 Å². The smallest absolute Gasteiger partial charge is 0.293 e. The Labute approximate surface area is 131 Å². The molecule has 2 rings (SSSR count). The van der Waals surface area contributed by atoms with Gasteiger partial charge >= 0.3 is 0 Å². The fourth-order valence-electron chi connectivity index (χ4n) is 1.69. The average molecular weight is 406 g/mol. The number of halogens is 2. The van der Waals surface area contributed by atoms with Gasteiger partial charge in [-0.05, 0) is 46.4 Å². The zero-order valence-corrected chi connectivity index (χ0v) is 13.9. The van der Waals surface area contributed by atoms with E-state index in [0.717, 1.165) is 9.35 Å². The van der Waals surface area contributed by atoms with Crippen molar-refractivity contribution in [2.24, 2.45) is 0 Å². The van der Waals surface area contributed by atoms with E-state index in [1.807, 2.05) is 18.4 Å². The molecule has 4 nitrogen and oxygen atoms in total. The maximum absolute atomic E-state index is 11.0. The second-order valence-corrected chi connectivity index (χ2v) is 6.64.